The predicted molar refractivity (Wildman–Crippen MR) is 75.0 cm³/mol. The van der Waals surface area contributed by atoms with Gasteiger partial charge in [0.25, 0.3) is 0 Å². The van der Waals surface area contributed by atoms with Gasteiger partial charge in [0.05, 0.1) is 0 Å². The molecule has 1 aromatic carbocycles. The summed E-state index contributed by atoms with van der Waals surface area (Å²) in [5, 5.41) is 2.72. The molecule has 1 aromatic rings. The van der Waals surface area contributed by atoms with Crippen molar-refractivity contribution in [2.45, 2.75) is 52.6 Å². The first-order valence-electron chi connectivity index (χ1n) is 6.42. The smallest absolute Gasteiger partial charge is 0.412 e. The van der Waals surface area contributed by atoms with Crippen LogP contribution in [-0.2, 0) is 4.74 Å². The average Bonchev–Trinajstić information content (AvgIpc) is 2.26. The van der Waals surface area contributed by atoms with E-state index in [4.69, 9.17) is 4.74 Å². The van der Waals surface area contributed by atoms with E-state index in [1.165, 1.54) is 5.56 Å². The summed E-state index contributed by atoms with van der Waals surface area (Å²) in [6.07, 6.45) is 0.692. The minimum Gasteiger partial charge on any atom is -0.444 e. The highest BCUT2D eigenvalue weighted by Crippen LogP contribution is 2.20. The van der Waals surface area contributed by atoms with Gasteiger partial charge in [0, 0.05) is 5.69 Å². The number of rotatable bonds is 3. The average molecular weight is 249 g/mol. The van der Waals surface area contributed by atoms with Gasteiger partial charge in [0.2, 0.25) is 0 Å². The van der Waals surface area contributed by atoms with Gasteiger partial charge in [-0.05, 0) is 50.8 Å². The Kier molecular flexibility index (Phi) is 4.76. The van der Waals surface area contributed by atoms with E-state index in [1.54, 1.807) is 0 Å². The highest BCUT2D eigenvalue weighted by molar-refractivity contribution is 5.84. The first-order chi connectivity index (χ1) is 8.31. The summed E-state index contributed by atoms with van der Waals surface area (Å²) in [5.74, 6) is 0.542. The Bertz CT molecular complexity index is 390. The number of amides is 1. The fourth-order valence-electron chi connectivity index (χ4n) is 1.55. The van der Waals surface area contributed by atoms with Crippen LogP contribution >= 0.6 is 0 Å². The molecule has 0 aliphatic carbocycles. The van der Waals surface area contributed by atoms with Gasteiger partial charge in [0.15, 0.2) is 0 Å². The van der Waals surface area contributed by atoms with E-state index >= 15 is 0 Å². The quantitative estimate of drug-likeness (QED) is 0.853. The van der Waals surface area contributed by atoms with Crippen molar-refractivity contribution >= 4 is 11.8 Å². The number of carbonyl (C=O) groups excluding carboxylic acids is 1. The van der Waals surface area contributed by atoms with E-state index in [1.807, 2.05) is 45.0 Å². The molecule has 0 spiro atoms. The monoisotopic (exact) mass is 249 g/mol. The molecule has 0 saturated heterocycles. The standard InChI is InChI=1S/C15H23NO2/c1-6-11(2)12-7-9-13(10-8-12)16-14(17)18-15(3,4)5/h7-11H,6H2,1-5H3,(H,16,17). The van der Waals surface area contributed by atoms with Crippen molar-refractivity contribution < 1.29 is 9.53 Å². The fourth-order valence-corrected chi connectivity index (χ4v) is 1.55. The van der Waals surface area contributed by atoms with Gasteiger partial charge >= 0.3 is 6.09 Å². The lowest BCUT2D eigenvalue weighted by molar-refractivity contribution is 0.0636. The van der Waals surface area contributed by atoms with E-state index in [0.717, 1.165) is 12.1 Å². The zero-order chi connectivity index (χ0) is 13.8. The number of benzene rings is 1. The zero-order valence-corrected chi connectivity index (χ0v) is 11.9. The van der Waals surface area contributed by atoms with Crippen molar-refractivity contribution in [3.8, 4) is 0 Å². The minimum absolute atomic E-state index is 0.418. The summed E-state index contributed by atoms with van der Waals surface area (Å²) in [7, 11) is 0. The summed E-state index contributed by atoms with van der Waals surface area (Å²) in [6, 6.07) is 7.90. The third-order valence-corrected chi connectivity index (χ3v) is 2.74. The molecule has 1 N–H and O–H groups in total. The number of ether oxygens (including phenoxy) is 1. The molecule has 3 nitrogen and oxygen atoms in total. The van der Waals surface area contributed by atoms with Crippen molar-refractivity contribution in [2.24, 2.45) is 0 Å². The molecule has 1 amide bonds. The third-order valence-electron chi connectivity index (χ3n) is 2.74. The first-order valence-corrected chi connectivity index (χ1v) is 6.42. The van der Waals surface area contributed by atoms with Gasteiger partial charge in [-0.25, -0.2) is 4.79 Å². The molecule has 0 radical (unpaired) electrons. The zero-order valence-electron chi connectivity index (χ0n) is 11.9. The molecule has 0 aliphatic heterocycles. The molecule has 18 heavy (non-hydrogen) atoms. The van der Waals surface area contributed by atoms with E-state index in [0.29, 0.717) is 5.92 Å². The molecule has 1 rings (SSSR count). The van der Waals surface area contributed by atoms with Gasteiger partial charge in [-0.1, -0.05) is 26.0 Å². The van der Waals surface area contributed by atoms with Crippen molar-refractivity contribution in [1.29, 1.82) is 0 Å². The highest BCUT2D eigenvalue weighted by Gasteiger charge is 2.16. The summed E-state index contributed by atoms with van der Waals surface area (Å²) in [6.45, 7) is 9.89. The van der Waals surface area contributed by atoms with Crippen LogP contribution in [0.3, 0.4) is 0 Å². The molecule has 0 heterocycles. The van der Waals surface area contributed by atoms with Gasteiger partial charge in [-0.3, -0.25) is 5.32 Å². The fraction of sp³-hybridized carbons (Fsp3) is 0.533. The second-order valence-electron chi connectivity index (χ2n) is 5.56. The minimum atomic E-state index is -0.471. The number of anilines is 1. The molecular weight excluding hydrogens is 226 g/mol. The van der Waals surface area contributed by atoms with E-state index in [9.17, 15) is 4.79 Å². The Balaban J connectivity index is 2.61. The van der Waals surface area contributed by atoms with Gasteiger partial charge in [-0.2, -0.15) is 0 Å². The normalized spacial score (nSPS) is 12.9. The molecule has 0 aliphatic rings. The summed E-state index contributed by atoms with van der Waals surface area (Å²) >= 11 is 0. The number of hydrogen-bond acceptors (Lipinski definition) is 2. The SMILES string of the molecule is CCC(C)c1ccc(NC(=O)OC(C)(C)C)cc1. The molecule has 0 aromatic heterocycles. The second-order valence-corrected chi connectivity index (χ2v) is 5.56. The van der Waals surface area contributed by atoms with Crippen LogP contribution in [0.15, 0.2) is 24.3 Å². The molecule has 1 unspecified atom stereocenters. The Morgan fingerprint density at radius 2 is 1.83 bits per heavy atom. The Morgan fingerprint density at radius 1 is 1.28 bits per heavy atom. The van der Waals surface area contributed by atoms with Crippen LogP contribution < -0.4 is 5.32 Å². The molecule has 0 bridgehead atoms. The van der Waals surface area contributed by atoms with Crippen LogP contribution in [-0.4, -0.2) is 11.7 Å². The molecule has 0 saturated carbocycles. The Morgan fingerprint density at radius 3 is 2.28 bits per heavy atom. The van der Waals surface area contributed by atoms with E-state index in [-0.39, 0.29) is 0 Å². The summed E-state index contributed by atoms with van der Waals surface area (Å²) in [4.78, 5) is 11.6. The molecular formula is C15H23NO2. The van der Waals surface area contributed by atoms with E-state index in [2.05, 4.69) is 19.2 Å². The van der Waals surface area contributed by atoms with Crippen molar-refractivity contribution in [3.05, 3.63) is 29.8 Å². The number of nitrogens with one attached hydrogen (secondary N) is 1. The van der Waals surface area contributed by atoms with Gasteiger partial charge < -0.3 is 4.74 Å². The number of hydrogen-bond donors (Lipinski definition) is 1. The van der Waals surface area contributed by atoms with Crippen LogP contribution in [0.4, 0.5) is 10.5 Å². The molecule has 0 fully saturated rings. The summed E-state index contributed by atoms with van der Waals surface area (Å²) in [5.41, 5.74) is 1.57. The Hall–Kier alpha value is -1.51. The molecule has 3 heteroatoms. The van der Waals surface area contributed by atoms with Crippen LogP contribution in [0.2, 0.25) is 0 Å². The van der Waals surface area contributed by atoms with Crippen molar-refractivity contribution in [3.63, 3.8) is 0 Å². The van der Waals surface area contributed by atoms with Crippen molar-refractivity contribution in [2.75, 3.05) is 5.32 Å². The number of carbonyl (C=O) groups is 1. The van der Waals surface area contributed by atoms with Crippen molar-refractivity contribution in [1.82, 2.24) is 0 Å². The van der Waals surface area contributed by atoms with Crippen LogP contribution in [0.5, 0.6) is 0 Å². The largest absolute Gasteiger partial charge is 0.444 e. The topological polar surface area (TPSA) is 38.3 Å². The lowest BCUT2D eigenvalue weighted by Gasteiger charge is -2.19. The van der Waals surface area contributed by atoms with Crippen LogP contribution in [0, 0.1) is 0 Å². The molecule has 100 valence electrons. The maximum absolute atomic E-state index is 11.6. The Labute approximate surface area is 110 Å². The maximum Gasteiger partial charge on any atom is 0.412 e. The predicted octanol–water partition coefficient (Wildman–Crippen LogP) is 4.55. The van der Waals surface area contributed by atoms with E-state index < -0.39 is 11.7 Å². The van der Waals surface area contributed by atoms with Crippen LogP contribution in [0.25, 0.3) is 0 Å². The van der Waals surface area contributed by atoms with Crippen LogP contribution in [0.1, 0.15) is 52.5 Å². The van der Waals surface area contributed by atoms with Gasteiger partial charge in [-0.15, -0.1) is 0 Å². The third kappa shape index (κ3) is 4.78. The second kappa shape index (κ2) is 5.89. The van der Waals surface area contributed by atoms with Gasteiger partial charge in [0.1, 0.15) is 5.60 Å². The summed E-state index contributed by atoms with van der Waals surface area (Å²) < 4.78 is 5.19. The first kappa shape index (κ1) is 14.6. The lowest BCUT2D eigenvalue weighted by Crippen LogP contribution is -2.27. The molecule has 1 atom stereocenters. The lowest BCUT2D eigenvalue weighted by atomic mass is 9.99. The maximum atomic E-state index is 11.6. The highest BCUT2D eigenvalue weighted by atomic mass is 16.6.